The maximum atomic E-state index is 5.93. The van der Waals surface area contributed by atoms with Crippen molar-refractivity contribution in [2.45, 2.75) is 51.6 Å². The molecule has 0 saturated heterocycles. The van der Waals surface area contributed by atoms with Gasteiger partial charge in [0.25, 0.3) is 0 Å². The molecule has 0 aliphatic heterocycles. The van der Waals surface area contributed by atoms with E-state index in [4.69, 9.17) is 5.73 Å². The minimum atomic E-state index is 0.242. The first kappa shape index (κ1) is 11.3. The van der Waals surface area contributed by atoms with Gasteiger partial charge in [-0.25, -0.2) is 9.67 Å². The first-order valence-electron chi connectivity index (χ1n) is 6.11. The Labute approximate surface area is 96.6 Å². The summed E-state index contributed by atoms with van der Waals surface area (Å²) in [7, 11) is 0. The molecule has 88 valence electrons. The first-order chi connectivity index (χ1) is 7.79. The van der Waals surface area contributed by atoms with E-state index in [2.05, 4.69) is 23.1 Å². The SMILES string of the molecule is CCCn1ncnc1CC1=CC(N)CCC1. The fraction of sp³-hybridized carbons (Fsp3) is 0.667. The Morgan fingerprint density at radius 1 is 1.56 bits per heavy atom. The molecule has 1 aliphatic rings. The van der Waals surface area contributed by atoms with Crippen molar-refractivity contribution in [1.82, 2.24) is 14.8 Å². The Bertz CT molecular complexity index is 367. The lowest BCUT2D eigenvalue weighted by atomic mass is 9.94. The molecule has 0 saturated carbocycles. The molecule has 1 heterocycles. The third-order valence-corrected chi connectivity index (χ3v) is 3.00. The minimum absolute atomic E-state index is 0.242. The Kier molecular flexibility index (Phi) is 3.72. The smallest absolute Gasteiger partial charge is 0.138 e. The van der Waals surface area contributed by atoms with Gasteiger partial charge in [0.15, 0.2) is 0 Å². The number of hydrogen-bond donors (Lipinski definition) is 1. The molecule has 0 amide bonds. The zero-order valence-corrected chi connectivity index (χ0v) is 9.89. The average Bonchev–Trinajstić information content (AvgIpc) is 2.66. The number of aryl methyl sites for hydroxylation is 1. The number of aromatic nitrogens is 3. The highest BCUT2D eigenvalue weighted by Crippen LogP contribution is 2.19. The van der Waals surface area contributed by atoms with Gasteiger partial charge >= 0.3 is 0 Å². The van der Waals surface area contributed by atoms with Crippen LogP contribution in [0.4, 0.5) is 0 Å². The molecule has 0 fully saturated rings. The van der Waals surface area contributed by atoms with Gasteiger partial charge in [-0.2, -0.15) is 5.10 Å². The van der Waals surface area contributed by atoms with Gasteiger partial charge < -0.3 is 5.73 Å². The van der Waals surface area contributed by atoms with E-state index in [-0.39, 0.29) is 6.04 Å². The Morgan fingerprint density at radius 2 is 2.44 bits per heavy atom. The van der Waals surface area contributed by atoms with Gasteiger partial charge in [-0.3, -0.25) is 0 Å². The highest BCUT2D eigenvalue weighted by Gasteiger charge is 2.12. The van der Waals surface area contributed by atoms with Crippen molar-refractivity contribution in [2.24, 2.45) is 5.73 Å². The first-order valence-corrected chi connectivity index (χ1v) is 6.11. The van der Waals surface area contributed by atoms with Gasteiger partial charge in [0.2, 0.25) is 0 Å². The molecule has 0 aromatic carbocycles. The van der Waals surface area contributed by atoms with Crippen molar-refractivity contribution < 1.29 is 0 Å². The van der Waals surface area contributed by atoms with Crippen LogP contribution in [0.5, 0.6) is 0 Å². The largest absolute Gasteiger partial charge is 0.324 e. The van der Waals surface area contributed by atoms with Crippen molar-refractivity contribution in [2.75, 3.05) is 0 Å². The van der Waals surface area contributed by atoms with Crippen LogP contribution in [-0.4, -0.2) is 20.8 Å². The van der Waals surface area contributed by atoms with Crippen LogP contribution < -0.4 is 5.73 Å². The third-order valence-electron chi connectivity index (χ3n) is 3.00. The summed E-state index contributed by atoms with van der Waals surface area (Å²) in [4.78, 5) is 4.32. The molecule has 2 N–H and O–H groups in total. The molecule has 0 bridgehead atoms. The third kappa shape index (κ3) is 2.70. The maximum Gasteiger partial charge on any atom is 0.138 e. The number of allylic oxidation sites excluding steroid dienone is 1. The van der Waals surface area contributed by atoms with Gasteiger partial charge in [0.1, 0.15) is 12.2 Å². The van der Waals surface area contributed by atoms with Gasteiger partial charge in [0.05, 0.1) is 0 Å². The van der Waals surface area contributed by atoms with Gasteiger partial charge in [-0.05, 0) is 25.7 Å². The van der Waals surface area contributed by atoms with E-state index in [0.29, 0.717) is 0 Å². The molecular weight excluding hydrogens is 200 g/mol. The molecule has 0 spiro atoms. The molecule has 1 aromatic heterocycles. The molecule has 16 heavy (non-hydrogen) atoms. The van der Waals surface area contributed by atoms with Crippen LogP contribution in [0.15, 0.2) is 18.0 Å². The van der Waals surface area contributed by atoms with E-state index in [0.717, 1.165) is 38.1 Å². The van der Waals surface area contributed by atoms with E-state index in [1.54, 1.807) is 6.33 Å². The fourth-order valence-corrected chi connectivity index (χ4v) is 2.21. The van der Waals surface area contributed by atoms with Gasteiger partial charge in [-0.15, -0.1) is 0 Å². The van der Waals surface area contributed by atoms with Crippen LogP contribution in [0.25, 0.3) is 0 Å². The number of rotatable bonds is 4. The van der Waals surface area contributed by atoms with E-state index in [1.165, 1.54) is 12.0 Å². The minimum Gasteiger partial charge on any atom is -0.324 e. The number of nitrogens with two attached hydrogens (primary N) is 1. The topological polar surface area (TPSA) is 56.7 Å². The summed E-state index contributed by atoms with van der Waals surface area (Å²) < 4.78 is 2.00. The molecular formula is C12H20N4. The second-order valence-corrected chi connectivity index (χ2v) is 4.46. The molecule has 4 heteroatoms. The van der Waals surface area contributed by atoms with E-state index >= 15 is 0 Å². The second-order valence-electron chi connectivity index (χ2n) is 4.46. The zero-order chi connectivity index (χ0) is 11.4. The Balaban J connectivity index is 2.05. The van der Waals surface area contributed by atoms with Gasteiger partial charge in [0, 0.05) is 19.0 Å². The van der Waals surface area contributed by atoms with Crippen LogP contribution in [0.3, 0.4) is 0 Å². The summed E-state index contributed by atoms with van der Waals surface area (Å²) in [5, 5.41) is 4.24. The zero-order valence-electron chi connectivity index (χ0n) is 9.89. The lowest BCUT2D eigenvalue weighted by Crippen LogP contribution is -2.21. The van der Waals surface area contributed by atoms with Crippen molar-refractivity contribution in [3.8, 4) is 0 Å². The number of hydrogen-bond acceptors (Lipinski definition) is 3. The highest BCUT2D eigenvalue weighted by atomic mass is 15.3. The van der Waals surface area contributed by atoms with Crippen LogP contribution in [0.1, 0.15) is 38.4 Å². The standard InChI is InChI=1S/C12H20N4/c1-2-6-16-12(14-9-15-16)8-10-4-3-5-11(13)7-10/h7,9,11H,2-6,8,13H2,1H3. The summed E-state index contributed by atoms with van der Waals surface area (Å²) in [5.74, 6) is 1.07. The lowest BCUT2D eigenvalue weighted by molar-refractivity contribution is 0.563. The molecule has 2 rings (SSSR count). The second kappa shape index (κ2) is 5.25. The predicted octanol–water partition coefficient (Wildman–Crippen LogP) is 1.67. The summed E-state index contributed by atoms with van der Waals surface area (Å²) in [6.45, 7) is 3.11. The maximum absolute atomic E-state index is 5.93. The van der Waals surface area contributed by atoms with E-state index < -0.39 is 0 Å². The Hall–Kier alpha value is -1.16. The summed E-state index contributed by atoms with van der Waals surface area (Å²) >= 11 is 0. The molecule has 1 aliphatic carbocycles. The average molecular weight is 220 g/mol. The van der Waals surface area contributed by atoms with Crippen LogP contribution in [0, 0.1) is 0 Å². The van der Waals surface area contributed by atoms with Crippen LogP contribution in [-0.2, 0) is 13.0 Å². The molecule has 0 radical (unpaired) electrons. The lowest BCUT2D eigenvalue weighted by Gasteiger charge is -2.17. The highest BCUT2D eigenvalue weighted by molar-refractivity contribution is 5.14. The van der Waals surface area contributed by atoms with Crippen molar-refractivity contribution in [3.05, 3.63) is 23.8 Å². The number of nitrogens with zero attached hydrogens (tertiary/aromatic N) is 3. The Morgan fingerprint density at radius 3 is 3.19 bits per heavy atom. The molecule has 1 atom stereocenters. The van der Waals surface area contributed by atoms with Crippen molar-refractivity contribution >= 4 is 0 Å². The summed E-state index contributed by atoms with van der Waals surface area (Å²) in [6, 6.07) is 0.242. The van der Waals surface area contributed by atoms with Crippen molar-refractivity contribution in [3.63, 3.8) is 0 Å². The van der Waals surface area contributed by atoms with Crippen LogP contribution >= 0.6 is 0 Å². The quantitative estimate of drug-likeness (QED) is 0.785. The normalized spacial score (nSPS) is 20.9. The monoisotopic (exact) mass is 220 g/mol. The molecule has 4 nitrogen and oxygen atoms in total. The van der Waals surface area contributed by atoms with E-state index in [1.807, 2.05) is 4.68 Å². The van der Waals surface area contributed by atoms with E-state index in [9.17, 15) is 0 Å². The van der Waals surface area contributed by atoms with Crippen molar-refractivity contribution in [1.29, 1.82) is 0 Å². The summed E-state index contributed by atoms with van der Waals surface area (Å²) in [5.41, 5.74) is 7.35. The predicted molar refractivity (Wildman–Crippen MR) is 63.9 cm³/mol. The van der Waals surface area contributed by atoms with Gasteiger partial charge in [-0.1, -0.05) is 18.6 Å². The summed E-state index contributed by atoms with van der Waals surface area (Å²) in [6.07, 6.45) is 9.33. The molecule has 1 unspecified atom stereocenters. The molecule has 1 aromatic rings. The fourth-order valence-electron chi connectivity index (χ4n) is 2.21. The van der Waals surface area contributed by atoms with Crippen LogP contribution in [0.2, 0.25) is 0 Å².